The fraction of sp³-hybridized carbons (Fsp3) is 0.611. The van der Waals surface area contributed by atoms with Crippen LogP contribution in [0, 0.1) is 23.7 Å². The quantitative estimate of drug-likeness (QED) is 0.296. The normalized spacial score (nSPS) is 25.2. The predicted molar refractivity (Wildman–Crippen MR) is 184 cm³/mol. The molecule has 4 fully saturated rings. The van der Waals surface area contributed by atoms with Crippen LogP contribution in [-0.2, 0) is 52.8 Å². The Hall–Kier alpha value is -4.86. The predicted octanol–water partition coefficient (Wildman–Crippen LogP) is 3.06. The smallest absolute Gasteiger partial charge is 0.330 e. The van der Waals surface area contributed by atoms with E-state index in [4.69, 9.17) is 10.0 Å². The van der Waals surface area contributed by atoms with E-state index in [0.717, 1.165) is 25.7 Å². The molecule has 0 aromatic rings. The van der Waals surface area contributed by atoms with Crippen LogP contribution in [0.25, 0.3) is 0 Å². The van der Waals surface area contributed by atoms with Gasteiger partial charge in [0.15, 0.2) is 0 Å². The van der Waals surface area contributed by atoms with Crippen molar-refractivity contribution in [2.24, 2.45) is 23.7 Å². The maximum Gasteiger partial charge on any atom is 0.336 e. The molecule has 2 aliphatic carbocycles. The Morgan fingerprint density at radius 2 is 0.904 bits per heavy atom. The second kappa shape index (κ2) is 20.2. The third-order valence-corrected chi connectivity index (χ3v) is 9.50. The molecule has 1 N–H and O–H groups in total. The molecule has 0 radical (unpaired) electrons. The van der Waals surface area contributed by atoms with E-state index < -0.39 is 29.6 Å². The van der Waals surface area contributed by atoms with Gasteiger partial charge < -0.3 is 4.84 Å². The molecule has 8 amide bonds. The van der Waals surface area contributed by atoms with Gasteiger partial charge in [0.25, 0.3) is 47.3 Å². The minimum atomic E-state index is -0.563. The van der Waals surface area contributed by atoms with E-state index >= 15 is 0 Å². The summed E-state index contributed by atoms with van der Waals surface area (Å²) < 4.78 is 0. The van der Waals surface area contributed by atoms with Gasteiger partial charge in [0.1, 0.15) is 5.78 Å². The highest BCUT2D eigenvalue weighted by molar-refractivity contribution is 6.13. The van der Waals surface area contributed by atoms with Gasteiger partial charge >= 0.3 is 5.97 Å². The van der Waals surface area contributed by atoms with Crippen LogP contribution in [0.3, 0.4) is 0 Å². The van der Waals surface area contributed by atoms with E-state index in [2.05, 4.69) is 0 Å². The lowest BCUT2D eigenvalue weighted by molar-refractivity contribution is -0.201. The number of hydrogen-bond donors (Lipinski definition) is 1. The Balaban J connectivity index is 0.000000422. The summed E-state index contributed by atoms with van der Waals surface area (Å²) >= 11 is 0. The standard InChI is InChI=1S/C16H18N2O6.C13H17NO3.C4H5NO3.3CH4/c19-12-5-6-13(20)17(12)9-10-1-3-11(4-2-10)16(23)24-18-14(21)7-8-15(18)22;1-9(15)11-4-2-10(3-5-11)8-14-12(16)6-7-13(14)17;6-3-1-2-4(7)5(3)8;;;/h5-6,10-11H,1-4,7-9H2;6-7,10-11H,2-5,8H2,1H3;8H,1-2H2;3*1H4. The number of hydroxylamine groups is 4. The van der Waals surface area contributed by atoms with Crippen molar-refractivity contribution < 1.29 is 58.0 Å². The van der Waals surface area contributed by atoms with Crippen LogP contribution in [0.15, 0.2) is 24.3 Å². The molecule has 0 aromatic heterocycles. The summed E-state index contributed by atoms with van der Waals surface area (Å²) in [4.78, 5) is 120. The fourth-order valence-electron chi connectivity index (χ4n) is 6.46. The monoisotopic (exact) mass is 732 g/mol. The average Bonchev–Trinajstić information content (AvgIpc) is 3.78. The van der Waals surface area contributed by atoms with Crippen LogP contribution in [0.5, 0.6) is 0 Å². The highest BCUT2D eigenvalue weighted by Gasteiger charge is 2.37. The van der Waals surface area contributed by atoms with Crippen molar-refractivity contribution in [1.29, 1.82) is 0 Å². The molecule has 288 valence electrons. The summed E-state index contributed by atoms with van der Waals surface area (Å²) in [6, 6.07) is 0. The summed E-state index contributed by atoms with van der Waals surface area (Å²) in [6.07, 6.45) is 11.7. The number of rotatable bonds is 7. The van der Waals surface area contributed by atoms with Gasteiger partial charge in [0, 0.05) is 69.0 Å². The van der Waals surface area contributed by atoms with Gasteiger partial charge in [-0.25, -0.2) is 4.79 Å². The number of carbonyl (C=O) groups is 10. The second-order valence-electron chi connectivity index (χ2n) is 12.9. The van der Waals surface area contributed by atoms with Crippen molar-refractivity contribution in [3.63, 3.8) is 0 Å². The molecule has 0 bridgehead atoms. The van der Waals surface area contributed by atoms with Crippen molar-refractivity contribution in [1.82, 2.24) is 19.9 Å². The summed E-state index contributed by atoms with van der Waals surface area (Å²) in [5, 5.41) is 9.14. The Kier molecular flexibility index (Phi) is 17.6. The molecule has 16 nitrogen and oxygen atoms in total. The first-order valence-electron chi connectivity index (χ1n) is 16.4. The zero-order chi connectivity index (χ0) is 35.8. The largest absolute Gasteiger partial charge is 0.336 e. The first kappa shape index (κ1) is 45.2. The maximum atomic E-state index is 12.1. The molecule has 0 spiro atoms. The molecule has 52 heavy (non-hydrogen) atoms. The Morgan fingerprint density at radius 3 is 1.21 bits per heavy atom. The van der Waals surface area contributed by atoms with Gasteiger partial charge in [-0.3, -0.25) is 58.2 Å². The molecule has 6 aliphatic rings. The number of ketones is 1. The third kappa shape index (κ3) is 11.6. The zero-order valence-electron chi connectivity index (χ0n) is 27.2. The Bertz CT molecular complexity index is 1400. The van der Waals surface area contributed by atoms with Crippen molar-refractivity contribution >= 4 is 59.0 Å². The van der Waals surface area contributed by atoms with Crippen LogP contribution in [-0.4, -0.2) is 97.2 Å². The first-order valence-corrected chi connectivity index (χ1v) is 16.4. The van der Waals surface area contributed by atoms with Gasteiger partial charge in [-0.05, 0) is 70.1 Å². The molecule has 2 saturated carbocycles. The molecule has 2 saturated heterocycles. The van der Waals surface area contributed by atoms with Crippen molar-refractivity contribution in [3.05, 3.63) is 24.3 Å². The summed E-state index contributed by atoms with van der Waals surface area (Å²) in [5.41, 5.74) is 0. The second-order valence-corrected chi connectivity index (χ2v) is 12.9. The lowest BCUT2D eigenvalue weighted by atomic mass is 9.80. The van der Waals surface area contributed by atoms with E-state index in [9.17, 15) is 47.9 Å². The number of nitrogens with zero attached hydrogens (tertiary/aromatic N) is 4. The zero-order valence-corrected chi connectivity index (χ0v) is 27.2. The maximum absolute atomic E-state index is 12.1. The van der Waals surface area contributed by atoms with Crippen LogP contribution >= 0.6 is 0 Å². The molecular weight excluding hydrogens is 680 g/mol. The highest BCUT2D eigenvalue weighted by atomic mass is 16.7. The Labute approximate surface area is 304 Å². The molecule has 4 heterocycles. The number of carbonyl (C=O) groups excluding carboxylic acids is 10. The summed E-state index contributed by atoms with van der Waals surface area (Å²) in [5.74, 6) is -2.96. The van der Waals surface area contributed by atoms with Gasteiger partial charge in [0.05, 0.1) is 5.92 Å². The van der Waals surface area contributed by atoms with Gasteiger partial charge in [-0.1, -0.05) is 22.3 Å². The topological polar surface area (TPSA) is 213 Å². The first-order chi connectivity index (χ1) is 23.2. The van der Waals surface area contributed by atoms with E-state index in [-0.39, 0.29) is 100 Å². The van der Waals surface area contributed by atoms with Gasteiger partial charge in [-0.2, -0.15) is 5.06 Å². The molecule has 0 atom stereocenters. The van der Waals surface area contributed by atoms with Gasteiger partial charge in [-0.15, -0.1) is 5.06 Å². The van der Waals surface area contributed by atoms with Crippen molar-refractivity contribution in [2.75, 3.05) is 13.1 Å². The van der Waals surface area contributed by atoms with E-state index in [1.807, 2.05) is 0 Å². The number of imide groups is 4. The summed E-state index contributed by atoms with van der Waals surface area (Å²) in [6.45, 7) is 2.51. The van der Waals surface area contributed by atoms with Crippen LogP contribution in [0.4, 0.5) is 0 Å². The lowest BCUT2D eigenvalue weighted by Gasteiger charge is -2.29. The number of Topliss-reactive ketones (excluding diaryl/α,β-unsaturated/α-hetero) is 1. The van der Waals surface area contributed by atoms with E-state index in [1.54, 1.807) is 6.92 Å². The van der Waals surface area contributed by atoms with Crippen LogP contribution in [0.1, 0.15) is 106 Å². The summed E-state index contributed by atoms with van der Waals surface area (Å²) in [7, 11) is 0. The van der Waals surface area contributed by atoms with Crippen LogP contribution in [0.2, 0.25) is 0 Å². The molecule has 4 aliphatic heterocycles. The van der Waals surface area contributed by atoms with Gasteiger partial charge in [0.2, 0.25) is 0 Å². The molecule has 16 heteroatoms. The van der Waals surface area contributed by atoms with E-state index in [0.29, 0.717) is 49.8 Å². The number of hydrogen-bond acceptors (Lipinski definition) is 12. The molecule has 0 aromatic carbocycles. The fourth-order valence-corrected chi connectivity index (χ4v) is 6.46. The van der Waals surface area contributed by atoms with Crippen LogP contribution < -0.4 is 0 Å². The SMILES string of the molecule is C.C.C.CC(=O)C1CCC(CN2C(=O)C=CC2=O)CC1.O=C(ON1C(=O)CCC1=O)C1CCC(CN2C(=O)C=CC2=O)CC1.O=C1CCC(=O)N1O. The van der Waals surface area contributed by atoms with Crippen molar-refractivity contribution in [2.45, 2.75) is 106 Å². The Morgan fingerprint density at radius 1 is 0.577 bits per heavy atom. The molecular formula is C36H52N4O12. The number of amides is 8. The molecule has 0 unspecified atom stereocenters. The minimum Gasteiger partial charge on any atom is -0.330 e. The molecule has 6 rings (SSSR count). The van der Waals surface area contributed by atoms with E-state index in [1.165, 1.54) is 34.1 Å². The highest BCUT2D eigenvalue weighted by Crippen LogP contribution is 2.32. The third-order valence-electron chi connectivity index (χ3n) is 9.50. The average molecular weight is 733 g/mol. The van der Waals surface area contributed by atoms with Crippen molar-refractivity contribution in [3.8, 4) is 0 Å². The lowest BCUT2D eigenvalue weighted by Crippen LogP contribution is -2.38. The minimum absolute atomic E-state index is 0.